The molecule has 0 aliphatic carbocycles. The van der Waals surface area contributed by atoms with Crippen LogP contribution in [0.1, 0.15) is 30.5 Å². The number of hydrogen-bond acceptors (Lipinski definition) is 3. The van der Waals surface area contributed by atoms with Gasteiger partial charge >= 0.3 is 0 Å². The average Bonchev–Trinajstić information content (AvgIpc) is 3.12. The summed E-state index contributed by atoms with van der Waals surface area (Å²) in [4.78, 5) is 16.4. The maximum atomic E-state index is 11.9. The molecule has 3 heterocycles. The molecule has 0 aromatic carbocycles. The molecule has 0 saturated carbocycles. The summed E-state index contributed by atoms with van der Waals surface area (Å²) in [6.07, 6.45) is 6.73. The van der Waals surface area contributed by atoms with E-state index in [0.717, 1.165) is 36.4 Å². The molecule has 1 aliphatic heterocycles. The molecule has 1 amide bonds. The number of hydrogen-bond donors (Lipinski definition) is 2. The van der Waals surface area contributed by atoms with Crippen LogP contribution >= 0.6 is 0 Å². The van der Waals surface area contributed by atoms with Crippen LogP contribution in [0.3, 0.4) is 0 Å². The highest BCUT2D eigenvalue weighted by Crippen LogP contribution is 2.14. The van der Waals surface area contributed by atoms with Gasteiger partial charge in [0.1, 0.15) is 5.65 Å². The number of aryl methyl sites for hydroxylation is 1. The van der Waals surface area contributed by atoms with Gasteiger partial charge in [-0.15, -0.1) is 0 Å². The molecule has 0 bridgehead atoms. The van der Waals surface area contributed by atoms with Crippen LogP contribution in [-0.2, 0) is 11.3 Å². The van der Waals surface area contributed by atoms with E-state index in [1.54, 1.807) is 0 Å². The van der Waals surface area contributed by atoms with Crippen LogP contribution in [0, 0.1) is 12.8 Å². The van der Waals surface area contributed by atoms with Crippen molar-refractivity contribution in [3.05, 3.63) is 35.8 Å². The van der Waals surface area contributed by atoms with Gasteiger partial charge in [0, 0.05) is 18.8 Å². The maximum absolute atomic E-state index is 11.9. The van der Waals surface area contributed by atoms with E-state index >= 15 is 0 Å². The smallest absolute Gasteiger partial charge is 0.220 e. The fraction of sp³-hybridized carbons (Fsp3) is 0.500. The Labute approximate surface area is 124 Å². The quantitative estimate of drug-likeness (QED) is 0.878. The highest BCUT2D eigenvalue weighted by molar-refractivity contribution is 5.75. The Morgan fingerprint density at radius 1 is 1.57 bits per heavy atom. The summed E-state index contributed by atoms with van der Waals surface area (Å²) in [5, 5.41) is 6.30. The molecule has 0 spiro atoms. The van der Waals surface area contributed by atoms with Crippen molar-refractivity contribution < 1.29 is 4.79 Å². The van der Waals surface area contributed by atoms with Crippen LogP contribution < -0.4 is 10.6 Å². The van der Waals surface area contributed by atoms with Crippen LogP contribution in [-0.4, -0.2) is 28.4 Å². The summed E-state index contributed by atoms with van der Waals surface area (Å²) in [5.74, 6) is 0.782. The third-order valence-corrected chi connectivity index (χ3v) is 4.14. The standard InChI is InChI=1S/C16H22N4O/c1-12-3-2-8-20-11-14(19-16(12)20)10-18-15(21)5-4-13-6-7-17-9-13/h2-3,8,11,13,17H,4-7,9-10H2,1H3,(H,18,21). The molecule has 1 atom stereocenters. The van der Waals surface area contributed by atoms with Crippen LogP contribution in [0.15, 0.2) is 24.5 Å². The van der Waals surface area contributed by atoms with Crippen LogP contribution in [0.2, 0.25) is 0 Å². The molecule has 0 radical (unpaired) electrons. The van der Waals surface area contributed by atoms with Crippen molar-refractivity contribution in [1.29, 1.82) is 0 Å². The predicted octanol–water partition coefficient (Wildman–Crippen LogP) is 1.65. The lowest BCUT2D eigenvalue weighted by Gasteiger charge is -2.07. The van der Waals surface area contributed by atoms with E-state index in [1.165, 1.54) is 6.42 Å². The van der Waals surface area contributed by atoms with E-state index in [-0.39, 0.29) is 5.91 Å². The zero-order chi connectivity index (χ0) is 14.7. The highest BCUT2D eigenvalue weighted by atomic mass is 16.1. The first kappa shape index (κ1) is 14.1. The van der Waals surface area contributed by atoms with Gasteiger partial charge in [-0.3, -0.25) is 4.79 Å². The number of nitrogens with zero attached hydrogens (tertiary/aromatic N) is 2. The van der Waals surface area contributed by atoms with E-state index in [1.807, 2.05) is 35.9 Å². The molecular formula is C16H22N4O. The van der Waals surface area contributed by atoms with Gasteiger partial charge in [-0.05, 0) is 50.4 Å². The fourth-order valence-corrected chi connectivity index (χ4v) is 2.86. The number of aromatic nitrogens is 2. The zero-order valence-corrected chi connectivity index (χ0v) is 12.4. The van der Waals surface area contributed by atoms with Crippen molar-refractivity contribution in [2.75, 3.05) is 13.1 Å². The van der Waals surface area contributed by atoms with E-state index < -0.39 is 0 Å². The largest absolute Gasteiger partial charge is 0.350 e. The summed E-state index contributed by atoms with van der Waals surface area (Å²) in [5.41, 5.74) is 3.00. The second kappa shape index (κ2) is 6.26. The third kappa shape index (κ3) is 3.42. The van der Waals surface area contributed by atoms with Gasteiger partial charge in [0.2, 0.25) is 5.91 Å². The third-order valence-electron chi connectivity index (χ3n) is 4.14. The molecule has 1 unspecified atom stereocenters. The lowest BCUT2D eigenvalue weighted by Crippen LogP contribution is -2.23. The number of rotatable bonds is 5. The SMILES string of the molecule is Cc1cccn2cc(CNC(=O)CCC3CCNC3)nc12. The number of carbonyl (C=O) groups is 1. The monoisotopic (exact) mass is 286 g/mol. The lowest BCUT2D eigenvalue weighted by molar-refractivity contribution is -0.121. The Balaban J connectivity index is 1.51. The van der Waals surface area contributed by atoms with Crippen LogP contribution in [0.5, 0.6) is 0 Å². The Kier molecular flexibility index (Phi) is 4.20. The number of amides is 1. The first-order valence-electron chi connectivity index (χ1n) is 7.63. The Hall–Kier alpha value is -1.88. The summed E-state index contributed by atoms with van der Waals surface area (Å²) in [7, 11) is 0. The number of carbonyl (C=O) groups excluding carboxylic acids is 1. The average molecular weight is 286 g/mol. The van der Waals surface area contributed by atoms with Crippen molar-refractivity contribution in [2.45, 2.75) is 32.7 Å². The van der Waals surface area contributed by atoms with Crippen molar-refractivity contribution in [2.24, 2.45) is 5.92 Å². The molecule has 2 aromatic heterocycles. The van der Waals surface area contributed by atoms with Gasteiger partial charge in [0.25, 0.3) is 0 Å². The van der Waals surface area contributed by atoms with Gasteiger partial charge in [0.05, 0.1) is 12.2 Å². The highest BCUT2D eigenvalue weighted by Gasteiger charge is 2.15. The lowest BCUT2D eigenvalue weighted by atomic mass is 10.0. The second-order valence-electron chi connectivity index (χ2n) is 5.83. The fourth-order valence-electron chi connectivity index (χ4n) is 2.86. The molecule has 5 heteroatoms. The molecule has 1 fully saturated rings. The summed E-state index contributed by atoms with van der Waals surface area (Å²) in [6.45, 7) is 4.69. The number of nitrogens with one attached hydrogen (secondary N) is 2. The predicted molar refractivity (Wildman–Crippen MR) is 82.0 cm³/mol. The number of pyridine rings is 1. The molecule has 2 aromatic rings. The maximum Gasteiger partial charge on any atom is 0.220 e. The first-order valence-corrected chi connectivity index (χ1v) is 7.63. The minimum atomic E-state index is 0.121. The molecule has 1 saturated heterocycles. The summed E-state index contributed by atoms with van der Waals surface area (Å²) in [6, 6.07) is 4.04. The Morgan fingerprint density at radius 3 is 3.24 bits per heavy atom. The van der Waals surface area contributed by atoms with E-state index in [0.29, 0.717) is 18.9 Å². The van der Waals surface area contributed by atoms with E-state index in [4.69, 9.17) is 0 Å². The minimum Gasteiger partial charge on any atom is -0.350 e. The van der Waals surface area contributed by atoms with Crippen LogP contribution in [0.4, 0.5) is 0 Å². The molecule has 1 aliphatic rings. The van der Waals surface area contributed by atoms with Crippen molar-refractivity contribution in [3.63, 3.8) is 0 Å². The van der Waals surface area contributed by atoms with E-state index in [9.17, 15) is 4.79 Å². The Bertz CT molecular complexity index is 628. The number of fused-ring (bicyclic) bond motifs is 1. The molecule has 112 valence electrons. The van der Waals surface area contributed by atoms with Gasteiger partial charge in [-0.1, -0.05) is 6.07 Å². The summed E-state index contributed by atoms with van der Waals surface area (Å²) < 4.78 is 2.00. The van der Waals surface area contributed by atoms with Crippen molar-refractivity contribution >= 4 is 11.6 Å². The van der Waals surface area contributed by atoms with E-state index in [2.05, 4.69) is 15.6 Å². The van der Waals surface area contributed by atoms with Gasteiger partial charge in [-0.2, -0.15) is 0 Å². The topological polar surface area (TPSA) is 58.4 Å². The van der Waals surface area contributed by atoms with Crippen molar-refractivity contribution in [3.8, 4) is 0 Å². The van der Waals surface area contributed by atoms with Gasteiger partial charge in [-0.25, -0.2) is 4.98 Å². The van der Waals surface area contributed by atoms with Gasteiger partial charge < -0.3 is 15.0 Å². The molecule has 21 heavy (non-hydrogen) atoms. The molecule has 3 rings (SSSR count). The van der Waals surface area contributed by atoms with Gasteiger partial charge in [0.15, 0.2) is 0 Å². The number of imidazole rings is 1. The second-order valence-corrected chi connectivity index (χ2v) is 5.83. The molecule has 5 nitrogen and oxygen atoms in total. The molecule has 2 N–H and O–H groups in total. The Morgan fingerprint density at radius 2 is 2.48 bits per heavy atom. The van der Waals surface area contributed by atoms with Crippen LogP contribution in [0.25, 0.3) is 5.65 Å². The zero-order valence-electron chi connectivity index (χ0n) is 12.4. The minimum absolute atomic E-state index is 0.121. The summed E-state index contributed by atoms with van der Waals surface area (Å²) >= 11 is 0. The normalized spacial score (nSPS) is 18.2. The first-order chi connectivity index (χ1) is 10.2. The molecular weight excluding hydrogens is 264 g/mol. The van der Waals surface area contributed by atoms with Crippen molar-refractivity contribution in [1.82, 2.24) is 20.0 Å².